The molecule has 1 aliphatic rings. The monoisotopic (exact) mass is 271 g/mol. The molecule has 110 valence electrons. The lowest BCUT2D eigenvalue weighted by atomic mass is 10.3. The van der Waals surface area contributed by atoms with Crippen molar-refractivity contribution < 1.29 is 14.7 Å². The lowest BCUT2D eigenvalue weighted by molar-refractivity contribution is -0.138. The smallest absolute Gasteiger partial charge is 0.323 e. The number of hydrogen-bond donors (Lipinski definition) is 2. The van der Waals surface area contributed by atoms with Gasteiger partial charge in [0.1, 0.15) is 6.54 Å². The Labute approximate surface area is 114 Å². The van der Waals surface area contributed by atoms with Crippen molar-refractivity contribution in [2.75, 3.05) is 26.2 Å². The molecule has 0 atom stereocenters. The highest BCUT2D eigenvalue weighted by molar-refractivity contribution is 5.80. The van der Waals surface area contributed by atoms with Gasteiger partial charge in [-0.2, -0.15) is 0 Å². The summed E-state index contributed by atoms with van der Waals surface area (Å²) in [7, 11) is 0. The van der Waals surface area contributed by atoms with Crippen molar-refractivity contribution in [1.82, 2.24) is 15.1 Å². The Morgan fingerprint density at radius 3 is 2.42 bits per heavy atom. The van der Waals surface area contributed by atoms with Gasteiger partial charge in [0.25, 0.3) is 0 Å². The fourth-order valence-electron chi connectivity index (χ4n) is 2.08. The number of hydrogen-bond acceptors (Lipinski definition) is 3. The summed E-state index contributed by atoms with van der Waals surface area (Å²) in [5.41, 5.74) is 0. The predicted octanol–water partition coefficient (Wildman–Crippen LogP) is 0.975. The summed E-state index contributed by atoms with van der Waals surface area (Å²) in [6.45, 7) is 7.85. The largest absolute Gasteiger partial charge is 0.480 e. The number of nitrogens with zero attached hydrogens (tertiary/aromatic N) is 2. The molecule has 0 aliphatic heterocycles. The zero-order chi connectivity index (χ0) is 14.4. The molecule has 1 rings (SSSR count). The average molecular weight is 271 g/mol. The van der Waals surface area contributed by atoms with Crippen molar-refractivity contribution in [2.24, 2.45) is 0 Å². The van der Waals surface area contributed by atoms with Gasteiger partial charge >= 0.3 is 12.0 Å². The fraction of sp³-hybridized carbons (Fsp3) is 0.846. The van der Waals surface area contributed by atoms with Crippen molar-refractivity contribution in [2.45, 2.75) is 45.7 Å². The zero-order valence-corrected chi connectivity index (χ0v) is 12.1. The van der Waals surface area contributed by atoms with Crippen molar-refractivity contribution in [3.63, 3.8) is 0 Å². The molecule has 0 bridgehead atoms. The van der Waals surface area contributed by atoms with Crippen LogP contribution in [0.4, 0.5) is 4.79 Å². The third kappa shape index (κ3) is 5.46. The number of carboxylic acids is 1. The second kappa shape index (κ2) is 7.33. The maximum Gasteiger partial charge on any atom is 0.323 e. The molecule has 0 aromatic carbocycles. The fourth-order valence-corrected chi connectivity index (χ4v) is 2.08. The Bertz CT molecular complexity index is 316. The lowest BCUT2D eigenvalue weighted by Gasteiger charge is -2.26. The van der Waals surface area contributed by atoms with Crippen LogP contribution in [0, 0.1) is 0 Å². The van der Waals surface area contributed by atoms with Gasteiger partial charge in [-0.15, -0.1) is 0 Å². The van der Waals surface area contributed by atoms with Crippen LogP contribution in [-0.4, -0.2) is 65.2 Å². The summed E-state index contributed by atoms with van der Waals surface area (Å²) in [4.78, 5) is 26.3. The van der Waals surface area contributed by atoms with Crippen LogP contribution >= 0.6 is 0 Å². The first-order chi connectivity index (χ1) is 8.95. The Hall–Kier alpha value is -1.30. The molecule has 0 aromatic rings. The molecule has 0 aromatic heterocycles. The number of likely N-dealkylation sites (N-methyl/N-ethyl adjacent to an activating group) is 1. The summed E-state index contributed by atoms with van der Waals surface area (Å²) in [5, 5.41) is 11.6. The van der Waals surface area contributed by atoms with Gasteiger partial charge in [-0.25, -0.2) is 4.79 Å². The minimum atomic E-state index is -0.989. The van der Waals surface area contributed by atoms with Gasteiger partial charge in [-0.1, -0.05) is 6.92 Å². The Balaban J connectivity index is 2.32. The van der Waals surface area contributed by atoms with Crippen LogP contribution < -0.4 is 5.32 Å². The Morgan fingerprint density at radius 1 is 1.37 bits per heavy atom. The van der Waals surface area contributed by atoms with E-state index in [0.29, 0.717) is 12.6 Å². The number of amides is 2. The maximum atomic E-state index is 11.9. The molecule has 0 unspecified atom stereocenters. The third-order valence-electron chi connectivity index (χ3n) is 3.33. The highest BCUT2D eigenvalue weighted by atomic mass is 16.4. The van der Waals surface area contributed by atoms with E-state index in [1.165, 1.54) is 17.7 Å². The summed E-state index contributed by atoms with van der Waals surface area (Å²) in [6.07, 6.45) is 2.50. The molecule has 0 radical (unpaired) electrons. The highest BCUT2D eigenvalue weighted by Crippen LogP contribution is 2.25. The SMILES string of the molecule is CCN(CCNC(=O)N(CC(=O)O)C(C)C)C1CC1. The van der Waals surface area contributed by atoms with E-state index in [0.717, 1.165) is 13.1 Å². The van der Waals surface area contributed by atoms with Crippen LogP contribution in [0.2, 0.25) is 0 Å². The van der Waals surface area contributed by atoms with E-state index in [9.17, 15) is 9.59 Å². The van der Waals surface area contributed by atoms with Crippen LogP contribution in [0.1, 0.15) is 33.6 Å². The van der Waals surface area contributed by atoms with E-state index in [1.807, 2.05) is 13.8 Å². The van der Waals surface area contributed by atoms with Crippen molar-refractivity contribution in [1.29, 1.82) is 0 Å². The van der Waals surface area contributed by atoms with E-state index in [1.54, 1.807) is 0 Å². The maximum absolute atomic E-state index is 11.9. The average Bonchev–Trinajstić information content (AvgIpc) is 3.15. The topological polar surface area (TPSA) is 72.9 Å². The number of carbonyl (C=O) groups is 2. The molecular formula is C13H25N3O3. The van der Waals surface area contributed by atoms with E-state index in [-0.39, 0.29) is 18.6 Å². The second-order valence-corrected chi connectivity index (χ2v) is 5.21. The number of urea groups is 1. The summed E-state index contributed by atoms with van der Waals surface area (Å²) in [6, 6.07) is 0.258. The third-order valence-corrected chi connectivity index (χ3v) is 3.33. The summed E-state index contributed by atoms with van der Waals surface area (Å²) in [5.74, 6) is -0.989. The van der Waals surface area contributed by atoms with Crippen molar-refractivity contribution >= 4 is 12.0 Å². The number of rotatable bonds is 8. The molecule has 6 heteroatoms. The van der Waals surface area contributed by atoms with Gasteiger partial charge < -0.3 is 15.3 Å². The Kier molecular flexibility index (Phi) is 6.08. The molecular weight excluding hydrogens is 246 g/mol. The highest BCUT2D eigenvalue weighted by Gasteiger charge is 2.27. The molecule has 1 saturated carbocycles. The van der Waals surface area contributed by atoms with Crippen molar-refractivity contribution in [3.05, 3.63) is 0 Å². The van der Waals surface area contributed by atoms with E-state index in [2.05, 4.69) is 17.1 Å². The van der Waals surface area contributed by atoms with Gasteiger partial charge in [0.15, 0.2) is 0 Å². The van der Waals surface area contributed by atoms with Crippen LogP contribution in [0.3, 0.4) is 0 Å². The molecule has 2 amide bonds. The molecule has 0 spiro atoms. The molecule has 1 aliphatic carbocycles. The van der Waals surface area contributed by atoms with Gasteiger partial charge in [0, 0.05) is 25.2 Å². The number of carboxylic acid groups (broad SMARTS) is 1. The van der Waals surface area contributed by atoms with Crippen molar-refractivity contribution in [3.8, 4) is 0 Å². The normalized spacial score (nSPS) is 14.8. The molecule has 6 nitrogen and oxygen atoms in total. The molecule has 0 heterocycles. The minimum Gasteiger partial charge on any atom is -0.480 e. The van der Waals surface area contributed by atoms with Crippen LogP contribution in [0.25, 0.3) is 0 Å². The van der Waals surface area contributed by atoms with Gasteiger partial charge in [-0.3, -0.25) is 9.69 Å². The van der Waals surface area contributed by atoms with Gasteiger partial charge in [0.2, 0.25) is 0 Å². The zero-order valence-electron chi connectivity index (χ0n) is 12.1. The summed E-state index contributed by atoms with van der Waals surface area (Å²) >= 11 is 0. The molecule has 1 fully saturated rings. The van der Waals surface area contributed by atoms with E-state index < -0.39 is 5.97 Å². The van der Waals surface area contributed by atoms with Gasteiger partial charge in [-0.05, 0) is 33.2 Å². The quantitative estimate of drug-likeness (QED) is 0.690. The number of aliphatic carboxylic acids is 1. The number of nitrogens with one attached hydrogen (secondary N) is 1. The Morgan fingerprint density at radius 2 is 2.00 bits per heavy atom. The van der Waals surface area contributed by atoms with E-state index in [4.69, 9.17) is 5.11 Å². The predicted molar refractivity (Wildman–Crippen MR) is 73.1 cm³/mol. The first-order valence-corrected chi connectivity index (χ1v) is 6.96. The standard InChI is InChI=1S/C13H25N3O3/c1-4-15(11-5-6-11)8-7-14-13(19)16(10(2)3)9-12(17)18/h10-11H,4-9H2,1-3H3,(H,14,19)(H,17,18). The molecule has 2 N–H and O–H groups in total. The summed E-state index contributed by atoms with van der Waals surface area (Å²) < 4.78 is 0. The number of carbonyl (C=O) groups excluding carboxylic acids is 1. The second-order valence-electron chi connectivity index (χ2n) is 5.21. The van der Waals surface area contributed by atoms with E-state index >= 15 is 0 Å². The molecule has 0 saturated heterocycles. The van der Waals surface area contributed by atoms with Gasteiger partial charge in [0.05, 0.1) is 0 Å². The minimum absolute atomic E-state index is 0.123. The lowest BCUT2D eigenvalue weighted by Crippen LogP contribution is -2.48. The van der Waals surface area contributed by atoms with Crippen LogP contribution in [0.5, 0.6) is 0 Å². The first kappa shape index (κ1) is 15.8. The van der Waals surface area contributed by atoms with Crippen LogP contribution in [-0.2, 0) is 4.79 Å². The molecule has 19 heavy (non-hydrogen) atoms. The van der Waals surface area contributed by atoms with Crippen LogP contribution in [0.15, 0.2) is 0 Å². The first-order valence-electron chi connectivity index (χ1n) is 6.96.